The summed E-state index contributed by atoms with van der Waals surface area (Å²) in [4.78, 5) is 17.9. The third-order valence-electron chi connectivity index (χ3n) is 4.27. The van der Waals surface area contributed by atoms with Gasteiger partial charge in [0.1, 0.15) is 6.10 Å². The van der Waals surface area contributed by atoms with Crippen molar-refractivity contribution < 1.29 is 9.53 Å². The molecule has 24 heavy (non-hydrogen) atoms. The second-order valence-electron chi connectivity index (χ2n) is 6.24. The average Bonchev–Trinajstić information content (AvgIpc) is 3.17. The molecule has 2 aromatic rings. The van der Waals surface area contributed by atoms with Crippen LogP contribution < -0.4 is 11.1 Å². The van der Waals surface area contributed by atoms with Crippen molar-refractivity contribution in [2.45, 2.75) is 45.3 Å². The zero-order chi connectivity index (χ0) is 17.1. The lowest BCUT2D eigenvalue weighted by Gasteiger charge is -2.11. The summed E-state index contributed by atoms with van der Waals surface area (Å²) in [6, 6.07) is 8.48. The first-order chi connectivity index (χ1) is 11.5. The van der Waals surface area contributed by atoms with Crippen LogP contribution >= 0.6 is 11.3 Å². The van der Waals surface area contributed by atoms with Crippen molar-refractivity contribution in [3.05, 3.63) is 46.0 Å². The van der Waals surface area contributed by atoms with Gasteiger partial charge in [0.25, 0.3) is 5.91 Å². The minimum atomic E-state index is -0.414. The molecule has 2 atom stereocenters. The summed E-state index contributed by atoms with van der Waals surface area (Å²) in [7, 11) is 0. The van der Waals surface area contributed by atoms with Gasteiger partial charge < -0.3 is 10.5 Å². The first-order valence-electron chi connectivity index (χ1n) is 8.23. The van der Waals surface area contributed by atoms with Gasteiger partial charge in [0.2, 0.25) is 0 Å². The molecule has 0 saturated carbocycles. The Morgan fingerprint density at radius 2 is 2.08 bits per heavy atom. The number of amides is 1. The van der Waals surface area contributed by atoms with Gasteiger partial charge in [-0.3, -0.25) is 10.1 Å². The van der Waals surface area contributed by atoms with Gasteiger partial charge in [-0.1, -0.05) is 29.8 Å². The maximum atomic E-state index is 12.3. The number of rotatable bonds is 5. The standard InChI is InChI=1S/C18H23N3O2S/c1-11-3-5-13(6-4-11)9-16-12(2)20-18(24-16)21-17(22)15-8-7-14(10-19)23-15/h3-6,14-15H,7-10,19H2,1-2H3,(H,20,21,22)/t14-,15+/m1/s1. The van der Waals surface area contributed by atoms with E-state index in [0.29, 0.717) is 18.1 Å². The fourth-order valence-corrected chi connectivity index (χ4v) is 3.79. The molecule has 0 unspecified atom stereocenters. The van der Waals surface area contributed by atoms with E-state index in [-0.39, 0.29) is 12.0 Å². The lowest BCUT2D eigenvalue weighted by Crippen LogP contribution is -2.29. The molecule has 1 fully saturated rings. The second kappa shape index (κ2) is 7.42. The number of carbonyl (C=O) groups excluding carboxylic acids is 1. The number of aromatic nitrogens is 1. The minimum absolute atomic E-state index is 0.00382. The number of nitrogens with one attached hydrogen (secondary N) is 1. The van der Waals surface area contributed by atoms with E-state index in [0.717, 1.165) is 18.5 Å². The average molecular weight is 345 g/mol. The molecule has 0 radical (unpaired) electrons. The van der Waals surface area contributed by atoms with Gasteiger partial charge in [0.05, 0.1) is 11.8 Å². The van der Waals surface area contributed by atoms with Crippen LogP contribution in [0.3, 0.4) is 0 Å². The molecule has 1 aromatic heterocycles. The van der Waals surface area contributed by atoms with Crippen LogP contribution in [-0.4, -0.2) is 29.6 Å². The minimum Gasteiger partial charge on any atom is -0.364 e. The van der Waals surface area contributed by atoms with Gasteiger partial charge in [-0.25, -0.2) is 4.98 Å². The van der Waals surface area contributed by atoms with Crippen molar-refractivity contribution in [1.29, 1.82) is 0 Å². The Bertz CT molecular complexity index is 712. The first kappa shape index (κ1) is 17.1. The smallest absolute Gasteiger partial charge is 0.255 e. The van der Waals surface area contributed by atoms with Gasteiger partial charge in [-0.15, -0.1) is 11.3 Å². The molecule has 1 aliphatic rings. The lowest BCUT2D eigenvalue weighted by molar-refractivity contribution is -0.126. The Morgan fingerprint density at radius 3 is 2.75 bits per heavy atom. The number of nitrogens with zero attached hydrogens (tertiary/aromatic N) is 1. The molecular formula is C18H23N3O2S. The van der Waals surface area contributed by atoms with E-state index in [1.54, 1.807) is 0 Å². The number of nitrogens with two attached hydrogens (primary N) is 1. The SMILES string of the molecule is Cc1ccc(Cc2sc(NC(=O)[C@@H]3CC[C@H](CN)O3)nc2C)cc1. The van der Waals surface area contributed by atoms with Crippen LogP contribution in [0, 0.1) is 13.8 Å². The summed E-state index contributed by atoms with van der Waals surface area (Å²) < 4.78 is 5.63. The Labute approximate surface area is 146 Å². The predicted octanol–water partition coefficient (Wildman–Crippen LogP) is 2.80. The fraction of sp³-hybridized carbons (Fsp3) is 0.444. The molecule has 3 rings (SSSR count). The van der Waals surface area contributed by atoms with Gasteiger partial charge >= 0.3 is 0 Å². The summed E-state index contributed by atoms with van der Waals surface area (Å²) in [5.41, 5.74) is 9.04. The van der Waals surface area contributed by atoms with Gasteiger partial charge in [-0.05, 0) is 32.3 Å². The van der Waals surface area contributed by atoms with Gasteiger partial charge in [0.15, 0.2) is 5.13 Å². The Hall–Kier alpha value is -1.76. The van der Waals surface area contributed by atoms with Gasteiger partial charge in [0, 0.05) is 17.8 Å². The first-order valence-corrected chi connectivity index (χ1v) is 9.05. The largest absolute Gasteiger partial charge is 0.364 e. The van der Waals surface area contributed by atoms with Crippen molar-refractivity contribution >= 4 is 22.4 Å². The predicted molar refractivity (Wildman–Crippen MR) is 96.4 cm³/mol. The van der Waals surface area contributed by atoms with Crippen LogP contribution in [0.2, 0.25) is 0 Å². The number of hydrogen-bond acceptors (Lipinski definition) is 5. The third kappa shape index (κ3) is 4.01. The molecule has 1 aromatic carbocycles. The third-order valence-corrected chi connectivity index (χ3v) is 5.34. The van der Waals surface area contributed by atoms with Crippen molar-refractivity contribution in [3.8, 4) is 0 Å². The molecule has 6 heteroatoms. The fourth-order valence-electron chi connectivity index (χ4n) is 2.79. The topological polar surface area (TPSA) is 77.2 Å². The van der Waals surface area contributed by atoms with Crippen molar-refractivity contribution in [1.82, 2.24) is 4.98 Å². The van der Waals surface area contributed by atoms with E-state index < -0.39 is 6.10 Å². The molecule has 1 amide bonds. The monoisotopic (exact) mass is 345 g/mol. The molecule has 0 aliphatic carbocycles. The van der Waals surface area contributed by atoms with E-state index in [4.69, 9.17) is 10.5 Å². The number of anilines is 1. The highest BCUT2D eigenvalue weighted by Crippen LogP contribution is 2.27. The molecule has 2 heterocycles. The Balaban J connectivity index is 1.63. The van der Waals surface area contributed by atoms with E-state index in [1.807, 2.05) is 6.92 Å². The van der Waals surface area contributed by atoms with Crippen molar-refractivity contribution in [2.75, 3.05) is 11.9 Å². The Morgan fingerprint density at radius 1 is 1.33 bits per heavy atom. The summed E-state index contributed by atoms with van der Waals surface area (Å²) in [6.07, 6.45) is 1.96. The number of hydrogen-bond donors (Lipinski definition) is 2. The summed E-state index contributed by atoms with van der Waals surface area (Å²) in [5, 5.41) is 3.53. The molecule has 1 saturated heterocycles. The number of benzene rings is 1. The zero-order valence-corrected chi connectivity index (χ0v) is 14.9. The van der Waals surface area contributed by atoms with Crippen molar-refractivity contribution in [3.63, 3.8) is 0 Å². The highest BCUT2D eigenvalue weighted by atomic mass is 32.1. The number of thiazole rings is 1. The molecule has 128 valence electrons. The number of aryl methyl sites for hydroxylation is 2. The molecule has 3 N–H and O–H groups in total. The Kier molecular flexibility index (Phi) is 5.28. The second-order valence-corrected chi connectivity index (χ2v) is 7.32. The van der Waals surface area contributed by atoms with Crippen LogP contribution in [0.4, 0.5) is 5.13 Å². The summed E-state index contributed by atoms with van der Waals surface area (Å²) in [6.45, 7) is 4.52. The normalized spacial score (nSPS) is 20.3. The molecular weight excluding hydrogens is 322 g/mol. The number of ether oxygens (including phenoxy) is 1. The van der Waals surface area contributed by atoms with Gasteiger partial charge in [-0.2, -0.15) is 0 Å². The van der Waals surface area contributed by atoms with E-state index in [9.17, 15) is 4.79 Å². The highest BCUT2D eigenvalue weighted by molar-refractivity contribution is 7.15. The van der Waals surface area contributed by atoms with Crippen molar-refractivity contribution in [2.24, 2.45) is 5.73 Å². The van der Waals surface area contributed by atoms with Crippen LogP contribution in [0.1, 0.15) is 34.5 Å². The van der Waals surface area contributed by atoms with E-state index >= 15 is 0 Å². The molecule has 0 bridgehead atoms. The van der Waals surface area contributed by atoms with Crippen LogP contribution in [0.15, 0.2) is 24.3 Å². The van der Waals surface area contributed by atoms with Crippen LogP contribution in [-0.2, 0) is 16.0 Å². The molecule has 5 nitrogen and oxygen atoms in total. The van der Waals surface area contributed by atoms with E-state index in [2.05, 4.69) is 41.5 Å². The molecule has 0 spiro atoms. The number of carbonyl (C=O) groups is 1. The summed E-state index contributed by atoms with van der Waals surface area (Å²) in [5.74, 6) is -0.124. The quantitative estimate of drug-likeness (QED) is 0.873. The van der Waals surface area contributed by atoms with Crippen LogP contribution in [0.5, 0.6) is 0 Å². The summed E-state index contributed by atoms with van der Waals surface area (Å²) >= 11 is 1.53. The maximum Gasteiger partial charge on any atom is 0.255 e. The highest BCUT2D eigenvalue weighted by Gasteiger charge is 2.30. The van der Waals surface area contributed by atoms with Crippen LogP contribution in [0.25, 0.3) is 0 Å². The molecule has 1 aliphatic heterocycles. The lowest BCUT2D eigenvalue weighted by atomic mass is 10.1. The van der Waals surface area contributed by atoms with E-state index in [1.165, 1.54) is 27.3 Å². The zero-order valence-electron chi connectivity index (χ0n) is 14.0. The maximum absolute atomic E-state index is 12.3.